The summed E-state index contributed by atoms with van der Waals surface area (Å²) in [6.07, 6.45) is -0.912. The summed E-state index contributed by atoms with van der Waals surface area (Å²) in [5.74, 6) is -0.580. The van der Waals surface area contributed by atoms with Gasteiger partial charge in [-0.05, 0) is 13.8 Å². The molecule has 0 heterocycles. The lowest BCUT2D eigenvalue weighted by Gasteiger charge is -2.23. The number of nitrogens with zero attached hydrogens (tertiary/aromatic N) is 1. The minimum Gasteiger partial charge on any atom is -0.432 e. The summed E-state index contributed by atoms with van der Waals surface area (Å²) in [5, 5.41) is 0. The van der Waals surface area contributed by atoms with Crippen molar-refractivity contribution in [2.75, 3.05) is 34.3 Å². The van der Waals surface area contributed by atoms with E-state index < -0.39 is 20.5 Å². The topological polar surface area (TPSA) is 61.8 Å². The van der Waals surface area contributed by atoms with Crippen molar-refractivity contribution < 1.29 is 27.6 Å². The first kappa shape index (κ1) is 17.3. The summed E-state index contributed by atoms with van der Waals surface area (Å²) in [6, 6.07) is 0. The molecule has 0 spiro atoms. The van der Waals surface area contributed by atoms with Crippen LogP contribution in [0.3, 0.4) is 0 Å². The smallest absolute Gasteiger partial charge is 0.335 e. The van der Waals surface area contributed by atoms with Crippen LogP contribution in [0.25, 0.3) is 0 Å². The maximum Gasteiger partial charge on any atom is 0.335 e. The van der Waals surface area contributed by atoms with E-state index in [4.69, 9.17) is 13.8 Å². The number of hydrogen-bond acceptors (Lipinski definition) is 5. The fourth-order valence-electron chi connectivity index (χ4n) is 0.848. The van der Waals surface area contributed by atoms with Crippen LogP contribution in [0, 0.1) is 0 Å². The zero-order valence-electron chi connectivity index (χ0n) is 11.7. The molecule has 0 saturated heterocycles. The molecule has 0 aromatic rings. The van der Waals surface area contributed by atoms with Crippen LogP contribution in [-0.4, -0.2) is 51.0 Å². The second-order valence-corrected chi connectivity index (χ2v) is 6.01. The predicted octanol–water partition coefficient (Wildman–Crippen LogP) is 1.58. The van der Waals surface area contributed by atoms with Gasteiger partial charge in [0.1, 0.15) is 13.2 Å². The third kappa shape index (κ3) is 9.36. The van der Waals surface area contributed by atoms with Crippen molar-refractivity contribution in [2.45, 2.75) is 20.1 Å². The average Bonchev–Trinajstić information content (AvgIpc) is 2.14. The van der Waals surface area contributed by atoms with Gasteiger partial charge in [0.15, 0.2) is 0 Å². The lowest BCUT2D eigenvalue weighted by atomic mass is 10.4. The largest absolute Gasteiger partial charge is 0.432 e. The molecule has 0 rings (SSSR count). The van der Waals surface area contributed by atoms with E-state index in [0.29, 0.717) is 17.6 Å². The summed E-state index contributed by atoms with van der Waals surface area (Å²) in [4.78, 5) is 11.1. The van der Waals surface area contributed by atoms with Gasteiger partial charge in [-0.25, -0.2) is 4.79 Å². The van der Waals surface area contributed by atoms with Crippen molar-refractivity contribution in [3.05, 3.63) is 12.2 Å². The molecule has 18 heavy (non-hydrogen) atoms. The number of carbonyl (C=O) groups excluding carboxylic acids is 1. The third-order valence-corrected chi connectivity index (χ3v) is 2.83. The number of quaternary nitrogens is 1. The highest BCUT2D eigenvalue weighted by Crippen LogP contribution is 2.26. The number of ether oxygens (including phenoxy) is 1. The van der Waals surface area contributed by atoms with Crippen LogP contribution >= 0.6 is 8.25 Å². The van der Waals surface area contributed by atoms with Crippen molar-refractivity contribution in [1.29, 1.82) is 0 Å². The van der Waals surface area contributed by atoms with Crippen molar-refractivity contribution in [2.24, 2.45) is 0 Å². The summed E-state index contributed by atoms with van der Waals surface area (Å²) < 4.78 is 26.9. The van der Waals surface area contributed by atoms with Crippen LogP contribution in [0.4, 0.5) is 0 Å². The van der Waals surface area contributed by atoms with Crippen LogP contribution < -0.4 is 0 Å². The molecule has 0 aliphatic heterocycles. The Hall–Kier alpha value is -0.680. The van der Waals surface area contributed by atoms with E-state index in [-0.39, 0.29) is 5.57 Å². The molecule has 0 aromatic carbocycles. The molecule has 0 bridgehead atoms. The zero-order chi connectivity index (χ0) is 14.3. The van der Waals surface area contributed by atoms with Crippen LogP contribution in [0.1, 0.15) is 13.8 Å². The molecule has 0 aliphatic carbocycles. The van der Waals surface area contributed by atoms with Gasteiger partial charge >= 0.3 is 14.2 Å². The average molecular weight is 280 g/mol. The first-order chi connectivity index (χ1) is 8.11. The van der Waals surface area contributed by atoms with E-state index in [1.54, 1.807) is 0 Å². The number of rotatable bonds is 8. The number of carbonyl (C=O) groups is 1. The molecule has 2 unspecified atom stereocenters. The highest BCUT2D eigenvalue weighted by atomic mass is 31.1. The van der Waals surface area contributed by atoms with Gasteiger partial charge in [0.25, 0.3) is 0 Å². The second-order valence-electron chi connectivity index (χ2n) is 4.98. The van der Waals surface area contributed by atoms with Crippen molar-refractivity contribution in [3.63, 3.8) is 0 Å². The van der Waals surface area contributed by atoms with Gasteiger partial charge in [-0.2, -0.15) is 0 Å². The summed E-state index contributed by atoms with van der Waals surface area (Å²) in [6.45, 7) is 7.46. The van der Waals surface area contributed by atoms with Gasteiger partial charge in [0, 0.05) is 5.57 Å². The van der Waals surface area contributed by atoms with E-state index in [1.807, 2.05) is 21.1 Å². The van der Waals surface area contributed by atoms with E-state index in [0.717, 1.165) is 0 Å². The van der Waals surface area contributed by atoms with Crippen molar-refractivity contribution >= 4 is 14.2 Å². The maximum absolute atomic E-state index is 11.4. The normalized spacial score (nSPS) is 14.9. The number of hydrogen-bond donors (Lipinski definition) is 0. The Morgan fingerprint density at radius 2 is 1.94 bits per heavy atom. The lowest BCUT2D eigenvalue weighted by molar-refractivity contribution is -0.870. The molecular formula is C11H23NO5P+. The highest BCUT2D eigenvalue weighted by Gasteiger charge is 2.14. The SMILES string of the molecule is C=C(C)C(=O)OC(C)O[PH](=O)OCC[N+](C)(C)C. The fraction of sp³-hybridized carbons (Fsp3) is 0.727. The van der Waals surface area contributed by atoms with E-state index in [1.165, 1.54) is 13.8 Å². The zero-order valence-corrected chi connectivity index (χ0v) is 12.7. The Kier molecular flexibility index (Phi) is 7.40. The van der Waals surface area contributed by atoms with Gasteiger partial charge in [0.2, 0.25) is 6.29 Å². The predicted molar refractivity (Wildman–Crippen MR) is 69.3 cm³/mol. The Labute approximate surface area is 109 Å². The molecule has 0 N–H and O–H groups in total. The number of likely N-dealkylation sites (N-methyl/N-ethyl adjacent to an activating group) is 1. The first-order valence-corrected chi connectivity index (χ1v) is 6.84. The molecule has 0 saturated carbocycles. The molecule has 0 radical (unpaired) electrons. The summed E-state index contributed by atoms with van der Waals surface area (Å²) in [5.41, 5.74) is 0.260. The molecule has 6 nitrogen and oxygen atoms in total. The Bertz CT molecular complexity index is 324. The molecule has 2 atom stereocenters. The minimum atomic E-state index is -2.65. The van der Waals surface area contributed by atoms with E-state index in [2.05, 4.69) is 6.58 Å². The quantitative estimate of drug-likeness (QED) is 0.222. The van der Waals surface area contributed by atoms with Crippen LogP contribution in [0.15, 0.2) is 12.2 Å². The van der Waals surface area contributed by atoms with Crippen LogP contribution in [-0.2, 0) is 23.1 Å². The molecule has 106 valence electrons. The second kappa shape index (κ2) is 7.69. The maximum atomic E-state index is 11.4. The Morgan fingerprint density at radius 3 is 2.39 bits per heavy atom. The molecule has 0 amide bonds. The Balaban J connectivity index is 3.88. The summed E-state index contributed by atoms with van der Waals surface area (Å²) >= 11 is 0. The molecule has 0 aliphatic rings. The van der Waals surface area contributed by atoms with Crippen molar-refractivity contribution in [3.8, 4) is 0 Å². The van der Waals surface area contributed by atoms with Gasteiger partial charge < -0.3 is 13.7 Å². The monoisotopic (exact) mass is 280 g/mol. The first-order valence-electron chi connectivity index (χ1n) is 5.62. The highest BCUT2D eigenvalue weighted by molar-refractivity contribution is 7.33. The number of esters is 1. The van der Waals surface area contributed by atoms with Crippen LogP contribution in [0.5, 0.6) is 0 Å². The van der Waals surface area contributed by atoms with Gasteiger partial charge in [0.05, 0.1) is 21.1 Å². The van der Waals surface area contributed by atoms with Crippen molar-refractivity contribution in [1.82, 2.24) is 0 Å². The summed E-state index contributed by atoms with van der Waals surface area (Å²) in [7, 11) is 3.35. The third-order valence-electron chi connectivity index (χ3n) is 1.87. The Morgan fingerprint density at radius 1 is 1.39 bits per heavy atom. The molecular weight excluding hydrogens is 257 g/mol. The molecule has 0 fully saturated rings. The van der Waals surface area contributed by atoms with E-state index in [9.17, 15) is 9.36 Å². The van der Waals surface area contributed by atoms with E-state index >= 15 is 0 Å². The fourth-order valence-corrected chi connectivity index (χ4v) is 1.49. The molecule has 0 aromatic heterocycles. The standard InChI is InChI=1S/C11H23NO5P/c1-9(2)11(13)16-10(3)17-18(14)15-8-7-12(4,5)6/h10,18H,1,7-8H2,2-6H3/q+1. The van der Waals surface area contributed by atoms with Gasteiger partial charge in [-0.15, -0.1) is 0 Å². The van der Waals surface area contributed by atoms with Gasteiger partial charge in [-0.1, -0.05) is 6.58 Å². The minimum absolute atomic E-state index is 0.260. The van der Waals surface area contributed by atoms with Crippen LogP contribution in [0.2, 0.25) is 0 Å². The lowest BCUT2D eigenvalue weighted by Crippen LogP contribution is -2.37. The molecule has 7 heteroatoms. The van der Waals surface area contributed by atoms with Gasteiger partial charge in [-0.3, -0.25) is 9.09 Å².